The summed E-state index contributed by atoms with van der Waals surface area (Å²) in [5.41, 5.74) is 3.16. The number of amides is 2. The molecule has 0 bridgehead atoms. The Morgan fingerprint density at radius 1 is 0.925 bits per heavy atom. The minimum atomic E-state index is -3.85. The zero-order chi connectivity index (χ0) is 29.7. The fourth-order valence-corrected chi connectivity index (χ4v) is 5.64. The second kappa shape index (κ2) is 12.9. The Morgan fingerprint density at radius 2 is 1.57 bits per heavy atom. The maximum absolute atomic E-state index is 14.2. The van der Waals surface area contributed by atoms with E-state index in [9.17, 15) is 18.0 Å². The topological polar surface area (TPSA) is 86.8 Å². The van der Waals surface area contributed by atoms with E-state index in [1.807, 2.05) is 82.3 Å². The molecule has 1 N–H and O–H groups in total. The standard InChI is InChI=1S/C31H38ClN3O4S/c1-22-11-10-14-25(17-22)20-34(28(30(37)33-31(3,4)5)19-24-12-8-7-9-13-24)29(36)21-35(40(6,38)39)27-16-15-26(32)18-23(27)2/h7-18,28H,19-21H2,1-6H3,(H,33,37). The van der Waals surface area contributed by atoms with Crippen molar-refractivity contribution in [2.45, 2.75) is 59.2 Å². The first-order chi connectivity index (χ1) is 18.6. The molecule has 214 valence electrons. The lowest BCUT2D eigenvalue weighted by Gasteiger charge is -2.35. The number of sulfonamides is 1. The summed E-state index contributed by atoms with van der Waals surface area (Å²) in [7, 11) is -3.85. The molecule has 9 heteroatoms. The molecule has 3 aromatic rings. The molecule has 40 heavy (non-hydrogen) atoms. The zero-order valence-electron chi connectivity index (χ0n) is 23.9. The van der Waals surface area contributed by atoms with Crippen LogP contribution < -0.4 is 9.62 Å². The molecule has 0 heterocycles. The number of nitrogens with one attached hydrogen (secondary N) is 1. The van der Waals surface area contributed by atoms with Gasteiger partial charge in [-0.15, -0.1) is 0 Å². The molecule has 0 fully saturated rings. The van der Waals surface area contributed by atoms with Crippen molar-refractivity contribution in [1.82, 2.24) is 10.2 Å². The van der Waals surface area contributed by atoms with Gasteiger partial charge in [0.05, 0.1) is 11.9 Å². The SMILES string of the molecule is Cc1cccc(CN(C(=O)CN(c2ccc(Cl)cc2C)S(C)(=O)=O)C(Cc2ccccc2)C(=O)NC(C)(C)C)c1. The van der Waals surface area contributed by atoms with Crippen LogP contribution in [-0.2, 0) is 32.6 Å². The van der Waals surface area contributed by atoms with Gasteiger partial charge in [-0.1, -0.05) is 71.8 Å². The van der Waals surface area contributed by atoms with E-state index in [1.54, 1.807) is 25.1 Å². The monoisotopic (exact) mass is 583 g/mol. The van der Waals surface area contributed by atoms with Gasteiger partial charge in [-0.2, -0.15) is 0 Å². The fraction of sp³-hybridized carbons (Fsp3) is 0.355. The minimum absolute atomic E-state index is 0.132. The minimum Gasteiger partial charge on any atom is -0.350 e. The second-order valence-electron chi connectivity index (χ2n) is 11.2. The van der Waals surface area contributed by atoms with Crippen molar-refractivity contribution >= 4 is 39.1 Å². The third kappa shape index (κ3) is 8.83. The van der Waals surface area contributed by atoms with Crippen LogP contribution in [0.25, 0.3) is 0 Å². The van der Waals surface area contributed by atoms with Gasteiger partial charge in [0.1, 0.15) is 12.6 Å². The molecular formula is C31H38ClN3O4S. The number of hydrogen-bond donors (Lipinski definition) is 1. The van der Waals surface area contributed by atoms with Gasteiger partial charge in [0.2, 0.25) is 21.8 Å². The highest BCUT2D eigenvalue weighted by Crippen LogP contribution is 2.26. The Morgan fingerprint density at radius 3 is 2.15 bits per heavy atom. The van der Waals surface area contributed by atoms with Gasteiger partial charge in [-0.3, -0.25) is 13.9 Å². The normalized spacial score (nSPS) is 12.5. The Kier molecular flexibility index (Phi) is 10.0. The van der Waals surface area contributed by atoms with Crippen molar-refractivity contribution in [2.75, 3.05) is 17.1 Å². The lowest BCUT2D eigenvalue weighted by Crippen LogP contribution is -2.56. The summed E-state index contributed by atoms with van der Waals surface area (Å²) in [6.45, 7) is 9.00. The van der Waals surface area contributed by atoms with Crippen molar-refractivity contribution in [2.24, 2.45) is 0 Å². The smallest absolute Gasteiger partial charge is 0.244 e. The van der Waals surface area contributed by atoms with Crippen molar-refractivity contribution in [3.05, 3.63) is 100 Å². The summed E-state index contributed by atoms with van der Waals surface area (Å²) in [5.74, 6) is -0.808. The Hall–Kier alpha value is -3.36. The molecule has 2 amide bonds. The fourth-order valence-electron chi connectivity index (χ4n) is 4.51. The number of nitrogens with zero attached hydrogens (tertiary/aromatic N) is 2. The van der Waals surface area contributed by atoms with Crippen LogP contribution in [0.3, 0.4) is 0 Å². The summed E-state index contributed by atoms with van der Waals surface area (Å²) in [6, 6.07) is 21.1. The van der Waals surface area contributed by atoms with Crippen molar-refractivity contribution in [3.8, 4) is 0 Å². The summed E-state index contributed by atoms with van der Waals surface area (Å²) in [6.07, 6.45) is 1.33. The molecule has 0 spiro atoms. The van der Waals surface area contributed by atoms with E-state index < -0.39 is 34.1 Å². The molecule has 1 atom stereocenters. The van der Waals surface area contributed by atoms with E-state index in [1.165, 1.54) is 4.90 Å². The van der Waals surface area contributed by atoms with Crippen LogP contribution in [0.1, 0.15) is 43.0 Å². The van der Waals surface area contributed by atoms with Crippen LogP contribution in [0.4, 0.5) is 5.69 Å². The summed E-state index contributed by atoms with van der Waals surface area (Å²) < 4.78 is 27.0. The number of rotatable bonds is 10. The number of aryl methyl sites for hydroxylation is 2. The van der Waals surface area contributed by atoms with Crippen molar-refractivity contribution in [1.29, 1.82) is 0 Å². The van der Waals surface area contributed by atoms with Gasteiger partial charge in [0.25, 0.3) is 0 Å². The highest BCUT2D eigenvalue weighted by Gasteiger charge is 2.34. The van der Waals surface area contributed by atoms with Crippen LogP contribution in [-0.4, -0.2) is 49.5 Å². The molecule has 0 aliphatic heterocycles. The maximum Gasteiger partial charge on any atom is 0.244 e. The largest absolute Gasteiger partial charge is 0.350 e. The molecule has 3 aromatic carbocycles. The van der Waals surface area contributed by atoms with Gasteiger partial charge in [-0.05, 0) is 69.5 Å². The molecular weight excluding hydrogens is 546 g/mol. The lowest BCUT2D eigenvalue weighted by atomic mass is 10.0. The Balaban J connectivity index is 2.09. The summed E-state index contributed by atoms with van der Waals surface area (Å²) >= 11 is 6.11. The van der Waals surface area contributed by atoms with Crippen LogP contribution in [0.5, 0.6) is 0 Å². The quantitative estimate of drug-likeness (QED) is 0.352. The molecule has 1 unspecified atom stereocenters. The molecule has 0 radical (unpaired) electrons. The summed E-state index contributed by atoms with van der Waals surface area (Å²) in [5, 5.41) is 3.49. The number of halogens is 1. The van der Waals surface area contributed by atoms with E-state index in [0.717, 1.165) is 27.3 Å². The third-order valence-electron chi connectivity index (χ3n) is 6.31. The number of carbonyl (C=O) groups excluding carboxylic acids is 2. The first kappa shape index (κ1) is 31.2. The number of hydrogen-bond acceptors (Lipinski definition) is 4. The number of benzene rings is 3. The van der Waals surface area contributed by atoms with Crippen LogP contribution >= 0.6 is 11.6 Å². The van der Waals surface area contributed by atoms with Crippen LogP contribution in [0.2, 0.25) is 5.02 Å². The number of anilines is 1. The Labute approximate surface area is 243 Å². The molecule has 0 aliphatic rings. The molecule has 7 nitrogen and oxygen atoms in total. The predicted molar refractivity (Wildman–Crippen MR) is 162 cm³/mol. The van der Waals surface area contributed by atoms with Gasteiger partial charge in [0, 0.05) is 23.5 Å². The highest BCUT2D eigenvalue weighted by atomic mass is 35.5. The predicted octanol–water partition coefficient (Wildman–Crippen LogP) is 5.28. The first-order valence-corrected chi connectivity index (χ1v) is 15.3. The maximum atomic E-state index is 14.2. The van der Waals surface area contributed by atoms with Gasteiger partial charge >= 0.3 is 0 Å². The molecule has 3 rings (SSSR count). The highest BCUT2D eigenvalue weighted by molar-refractivity contribution is 7.92. The van der Waals surface area contributed by atoms with E-state index in [-0.39, 0.29) is 18.9 Å². The van der Waals surface area contributed by atoms with Crippen LogP contribution in [0.15, 0.2) is 72.8 Å². The number of carbonyl (C=O) groups is 2. The van der Waals surface area contributed by atoms with E-state index in [4.69, 9.17) is 11.6 Å². The molecule has 0 saturated heterocycles. The average molecular weight is 584 g/mol. The van der Waals surface area contributed by atoms with Gasteiger partial charge in [0.15, 0.2) is 0 Å². The third-order valence-corrected chi connectivity index (χ3v) is 7.67. The van der Waals surface area contributed by atoms with E-state index in [2.05, 4.69) is 5.32 Å². The Bertz CT molecular complexity index is 1450. The van der Waals surface area contributed by atoms with E-state index >= 15 is 0 Å². The van der Waals surface area contributed by atoms with E-state index in [0.29, 0.717) is 16.3 Å². The average Bonchev–Trinajstić information content (AvgIpc) is 2.84. The summed E-state index contributed by atoms with van der Waals surface area (Å²) in [4.78, 5) is 29.4. The molecule has 0 saturated carbocycles. The van der Waals surface area contributed by atoms with Crippen molar-refractivity contribution < 1.29 is 18.0 Å². The molecule has 0 aromatic heterocycles. The first-order valence-electron chi connectivity index (χ1n) is 13.1. The zero-order valence-corrected chi connectivity index (χ0v) is 25.5. The van der Waals surface area contributed by atoms with Gasteiger partial charge in [-0.25, -0.2) is 8.42 Å². The molecule has 0 aliphatic carbocycles. The van der Waals surface area contributed by atoms with Gasteiger partial charge < -0.3 is 10.2 Å². The second-order valence-corrected chi connectivity index (χ2v) is 13.5. The lowest BCUT2D eigenvalue weighted by molar-refractivity contribution is -0.140. The van der Waals surface area contributed by atoms with Crippen molar-refractivity contribution in [3.63, 3.8) is 0 Å². The van der Waals surface area contributed by atoms with Crippen LogP contribution in [0, 0.1) is 13.8 Å².